The molecule has 0 aromatic heterocycles. The third-order valence-corrected chi connectivity index (χ3v) is 10.4. The van der Waals surface area contributed by atoms with Gasteiger partial charge in [0.15, 0.2) is 0 Å². The fourth-order valence-electron chi connectivity index (χ4n) is 7.96. The molecule has 0 radical (unpaired) electrons. The van der Waals surface area contributed by atoms with Crippen molar-refractivity contribution in [1.29, 1.82) is 0 Å². The van der Waals surface area contributed by atoms with Crippen LogP contribution in [0.4, 0.5) is 0 Å². The fourth-order valence-corrected chi connectivity index (χ4v) is 7.96. The summed E-state index contributed by atoms with van der Waals surface area (Å²) in [6.07, 6.45) is 5.72. The minimum Gasteiger partial charge on any atom is -0.458 e. The van der Waals surface area contributed by atoms with Gasteiger partial charge in [0, 0.05) is 23.3 Å². The summed E-state index contributed by atoms with van der Waals surface area (Å²) < 4.78 is 6.11. The Kier molecular flexibility index (Phi) is 6.23. The van der Waals surface area contributed by atoms with E-state index in [9.17, 15) is 24.9 Å². The van der Waals surface area contributed by atoms with E-state index in [1.165, 1.54) is 13.0 Å². The number of aliphatic hydroxyl groups is 3. The molecule has 6 nitrogen and oxygen atoms in total. The first-order chi connectivity index (χ1) is 15.7. The molecule has 8 atom stereocenters. The molecule has 0 unspecified atom stereocenters. The second kappa shape index (κ2) is 8.28. The summed E-state index contributed by atoms with van der Waals surface area (Å²) in [7, 11) is 0. The van der Waals surface area contributed by atoms with Crippen molar-refractivity contribution in [3.63, 3.8) is 0 Å². The van der Waals surface area contributed by atoms with Crippen LogP contribution in [0.5, 0.6) is 0 Å². The summed E-state index contributed by atoms with van der Waals surface area (Å²) in [5.74, 6) is -1.15. The molecule has 4 aliphatic carbocycles. The minimum absolute atomic E-state index is 0.0468. The van der Waals surface area contributed by atoms with Gasteiger partial charge in [0.25, 0.3) is 0 Å². The van der Waals surface area contributed by atoms with Crippen molar-refractivity contribution >= 4 is 11.8 Å². The summed E-state index contributed by atoms with van der Waals surface area (Å²) >= 11 is 0. The van der Waals surface area contributed by atoms with E-state index < -0.39 is 46.1 Å². The monoisotopic (exact) mass is 474 g/mol. The van der Waals surface area contributed by atoms with Crippen molar-refractivity contribution in [2.75, 3.05) is 0 Å². The first-order valence-electron chi connectivity index (χ1n) is 12.9. The van der Waals surface area contributed by atoms with Crippen LogP contribution >= 0.6 is 0 Å². The number of ether oxygens (including phenoxy) is 1. The molecule has 190 valence electrons. The number of hydrogen-bond donors (Lipinski definition) is 3. The molecule has 4 rings (SSSR count). The van der Waals surface area contributed by atoms with E-state index in [1.54, 1.807) is 0 Å². The Morgan fingerprint density at radius 2 is 1.82 bits per heavy atom. The van der Waals surface area contributed by atoms with E-state index >= 15 is 0 Å². The molecule has 0 aromatic carbocycles. The number of hydrogen-bond acceptors (Lipinski definition) is 6. The Morgan fingerprint density at radius 1 is 1.15 bits per heavy atom. The molecule has 0 aromatic rings. The molecule has 0 bridgehead atoms. The first kappa shape index (κ1) is 25.6. The van der Waals surface area contributed by atoms with Crippen molar-refractivity contribution in [2.24, 2.45) is 28.6 Å². The first-order valence-corrected chi connectivity index (χ1v) is 12.9. The van der Waals surface area contributed by atoms with Gasteiger partial charge in [-0.3, -0.25) is 4.79 Å². The normalized spacial score (nSPS) is 46.3. The average Bonchev–Trinajstić information content (AvgIpc) is 3.04. The summed E-state index contributed by atoms with van der Waals surface area (Å²) in [6, 6.07) is 0. The van der Waals surface area contributed by atoms with E-state index in [0.717, 1.165) is 11.1 Å². The van der Waals surface area contributed by atoms with Crippen LogP contribution in [0.2, 0.25) is 0 Å². The lowest BCUT2D eigenvalue weighted by molar-refractivity contribution is -0.299. The molecule has 0 spiro atoms. The van der Waals surface area contributed by atoms with Crippen molar-refractivity contribution in [2.45, 2.75) is 110 Å². The summed E-state index contributed by atoms with van der Waals surface area (Å²) in [5, 5.41) is 35.0. The van der Waals surface area contributed by atoms with E-state index in [1.807, 2.05) is 33.8 Å². The maximum absolute atomic E-state index is 13.0. The number of aliphatic hydroxyl groups excluding tert-OH is 1. The van der Waals surface area contributed by atoms with Gasteiger partial charge in [0.2, 0.25) is 0 Å². The third-order valence-electron chi connectivity index (χ3n) is 10.4. The van der Waals surface area contributed by atoms with Gasteiger partial charge >= 0.3 is 5.97 Å². The van der Waals surface area contributed by atoms with Crippen LogP contribution in [0, 0.1) is 28.6 Å². The number of carbonyl (C=O) groups excluding carboxylic acids is 2. The van der Waals surface area contributed by atoms with E-state index in [2.05, 4.69) is 6.92 Å². The zero-order chi connectivity index (χ0) is 25.3. The van der Waals surface area contributed by atoms with Crippen LogP contribution in [0.1, 0.15) is 86.5 Å². The molecule has 6 heteroatoms. The lowest BCUT2D eigenvalue weighted by atomic mass is 9.43. The highest BCUT2D eigenvalue weighted by atomic mass is 16.5. The maximum Gasteiger partial charge on any atom is 0.330 e. The second-order valence-electron chi connectivity index (χ2n) is 12.3. The lowest BCUT2D eigenvalue weighted by Crippen LogP contribution is -2.75. The predicted molar refractivity (Wildman–Crippen MR) is 129 cm³/mol. The van der Waals surface area contributed by atoms with Crippen molar-refractivity contribution in [3.05, 3.63) is 23.3 Å². The van der Waals surface area contributed by atoms with E-state index in [0.29, 0.717) is 32.1 Å². The number of ketones is 1. The number of carbonyl (C=O) groups is 2. The topological polar surface area (TPSA) is 104 Å². The number of allylic oxidation sites excluding steroid dienone is 1. The maximum atomic E-state index is 13.0. The Hall–Kier alpha value is -1.50. The highest BCUT2D eigenvalue weighted by Crippen LogP contribution is 2.70. The number of rotatable bonds is 4. The quantitative estimate of drug-likeness (QED) is 0.325. The zero-order valence-electron chi connectivity index (χ0n) is 21.6. The largest absolute Gasteiger partial charge is 0.458 e. The van der Waals surface area contributed by atoms with Crippen LogP contribution < -0.4 is 0 Å². The van der Waals surface area contributed by atoms with Crippen LogP contribution in [-0.2, 0) is 14.3 Å². The van der Waals surface area contributed by atoms with E-state index in [-0.39, 0.29) is 30.5 Å². The SMILES string of the molecule is CC(=O)[C@H]1CC[C@@]2(O)[C@]1(C)[C@H](OC(=O)/C=C(\C)C(C)C)C[C@@H]1[C@@]3(C)CC[C@H](O)CC3=CC[C@]12O. The highest BCUT2D eigenvalue weighted by molar-refractivity contribution is 5.83. The molecule has 4 aliphatic rings. The van der Waals surface area contributed by atoms with Gasteiger partial charge in [-0.1, -0.05) is 44.9 Å². The number of esters is 1. The molecule has 0 heterocycles. The van der Waals surface area contributed by atoms with Crippen LogP contribution in [0.15, 0.2) is 23.3 Å². The standard InChI is InChI=1S/C28H42O6/c1-16(2)17(3)13-24(31)34-23-15-22-25(5)10-8-20(30)14-19(25)7-11-27(22,32)28(33)12-9-21(18(4)29)26(23,28)6/h7,13,16,20-23,30,32-33H,8-12,14-15H2,1-6H3/b17-13+/t20-,21+,22+,23+,25-,26-,27-,28+/m0/s1. The lowest BCUT2D eigenvalue weighted by Gasteiger charge is -2.66. The molecule has 3 N–H and O–H groups in total. The molecule has 3 fully saturated rings. The van der Waals surface area contributed by atoms with Gasteiger partial charge < -0.3 is 20.1 Å². The van der Waals surface area contributed by atoms with Gasteiger partial charge in [0.1, 0.15) is 23.1 Å². The Bertz CT molecular complexity index is 935. The zero-order valence-corrected chi connectivity index (χ0v) is 21.6. The van der Waals surface area contributed by atoms with Gasteiger partial charge in [-0.2, -0.15) is 0 Å². The van der Waals surface area contributed by atoms with Crippen molar-refractivity contribution in [3.8, 4) is 0 Å². The number of fused-ring (bicyclic) bond motifs is 5. The molecule has 0 saturated heterocycles. The Morgan fingerprint density at radius 3 is 2.44 bits per heavy atom. The van der Waals surface area contributed by atoms with Crippen molar-refractivity contribution in [1.82, 2.24) is 0 Å². The average molecular weight is 475 g/mol. The molecule has 0 aliphatic heterocycles. The van der Waals surface area contributed by atoms with Gasteiger partial charge in [-0.15, -0.1) is 0 Å². The fraction of sp³-hybridized carbons (Fsp3) is 0.786. The van der Waals surface area contributed by atoms with Crippen LogP contribution in [-0.4, -0.2) is 50.5 Å². The Labute approximate surface area is 203 Å². The minimum atomic E-state index is -1.57. The molecular weight excluding hydrogens is 432 g/mol. The summed E-state index contributed by atoms with van der Waals surface area (Å²) in [5.41, 5.74) is -2.47. The molecule has 0 amide bonds. The predicted octanol–water partition coefficient (Wildman–Crippen LogP) is 3.87. The Balaban J connectivity index is 1.81. The highest BCUT2D eigenvalue weighted by Gasteiger charge is 2.77. The molecular formula is C28H42O6. The summed E-state index contributed by atoms with van der Waals surface area (Å²) in [6.45, 7) is 11.4. The van der Waals surface area contributed by atoms with Crippen LogP contribution in [0.25, 0.3) is 0 Å². The smallest absolute Gasteiger partial charge is 0.330 e. The van der Waals surface area contributed by atoms with E-state index in [4.69, 9.17) is 4.74 Å². The third kappa shape index (κ3) is 3.39. The van der Waals surface area contributed by atoms with Gasteiger partial charge in [0.05, 0.1) is 6.10 Å². The molecule has 34 heavy (non-hydrogen) atoms. The second-order valence-corrected chi connectivity index (χ2v) is 12.3. The van der Waals surface area contributed by atoms with Crippen molar-refractivity contribution < 1.29 is 29.6 Å². The van der Waals surface area contributed by atoms with Gasteiger partial charge in [-0.25, -0.2) is 4.79 Å². The van der Waals surface area contributed by atoms with Crippen LogP contribution in [0.3, 0.4) is 0 Å². The van der Waals surface area contributed by atoms with Gasteiger partial charge in [-0.05, 0) is 70.1 Å². The summed E-state index contributed by atoms with van der Waals surface area (Å²) in [4.78, 5) is 25.8. The number of Topliss-reactive ketones (excluding diaryl/α,β-unsaturated/α-hetero) is 1. The molecule has 3 saturated carbocycles.